The summed E-state index contributed by atoms with van der Waals surface area (Å²) in [7, 11) is 0. The first kappa shape index (κ1) is 16.7. The molecule has 0 saturated carbocycles. The van der Waals surface area contributed by atoms with Gasteiger partial charge in [-0.05, 0) is 46.2 Å². The number of likely N-dealkylation sites (tertiary alicyclic amines) is 1. The quantitative estimate of drug-likeness (QED) is 0.601. The predicted molar refractivity (Wildman–Crippen MR) is 70.5 cm³/mol. The van der Waals surface area contributed by atoms with Gasteiger partial charge in [0.15, 0.2) is 0 Å². The molecule has 1 unspecified atom stereocenters. The second-order valence-electron chi connectivity index (χ2n) is 5.93. The molecule has 0 amide bonds. The normalized spacial score (nSPS) is 21.2. The lowest BCUT2D eigenvalue weighted by Crippen LogP contribution is -2.59. The Bertz CT molecular complexity index is 258. The highest BCUT2D eigenvalue weighted by atomic mass is 19.4. The summed E-state index contributed by atoms with van der Waals surface area (Å²) < 4.78 is 37.1. The highest BCUT2D eigenvalue weighted by molar-refractivity contribution is 4.93. The van der Waals surface area contributed by atoms with Crippen LogP contribution in [0.15, 0.2) is 0 Å². The molecule has 3 nitrogen and oxygen atoms in total. The minimum Gasteiger partial charge on any atom is -0.297 e. The number of nitrogens with zero attached hydrogens (tertiary/aromatic N) is 1. The van der Waals surface area contributed by atoms with Crippen LogP contribution < -0.4 is 11.3 Å². The lowest BCUT2D eigenvalue weighted by molar-refractivity contribution is -0.138. The molecule has 0 spiro atoms. The third kappa shape index (κ3) is 5.28. The summed E-state index contributed by atoms with van der Waals surface area (Å²) in [5.74, 6) is 5.49. The second-order valence-corrected chi connectivity index (χ2v) is 5.93. The molecule has 0 aliphatic carbocycles. The molecular weight excluding hydrogens is 255 g/mol. The first-order valence-corrected chi connectivity index (χ1v) is 7.05. The van der Waals surface area contributed by atoms with E-state index in [2.05, 4.69) is 10.3 Å². The van der Waals surface area contributed by atoms with Crippen LogP contribution in [0.3, 0.4) is 0 Å². The highest BCUT2D eigenvalue weighted by Gasteiger charge is 2.37. The first-order valence-electron chi connectivity index (χ1n) is 7.05. The summed E-state index contributed by atoms with van der Waals surface area (Å²) in [6, 6.07) is -0.354. The van der Waals surface area contributed by atoms with E-state index in [1.54, 1.807) is 0 Å². The molecule has 1 aliphatic rings. The lowest BCUT2D eigenvalue weighted by atomic mass is 9.89. The van der Waals surface area contributed by atoms with Gasteiger partial charge in [0.05, 0.1) is 0 Å². The van der Waals surface area contributed by atoms with E-state index in [1.807, 2.05) is 13.8 Å². The number of halogens is 3. The Kier molecular flexibility index (Phi) is 6.08. The fraction of sp³-hybridized carbons (Fsp3) is 1.00. The SMILES string of the molecule is CC(C)(C(CCC(F)(F)F)NN)N1CCCCCC1. The van der Waals surface area contributed by atoms with Crippen LogP contribution in [-0.2, 0) is 0 Å². The van der Waals surface area contributed by atoms with E-state index >= 15 is 0 Å². The van der Waals surface area contributed by atoms with E-state index in [9.17, 15) is 13.2 Å². The van der Waals surface area contributed by atoms with Crippen LogP contribution in [0.25, 0.3) is 0 Å². The molecule has 114 valence electrons. The Balaban J connectivity index is 2.64. The standard InChI is InChI=1S/C13H26F3N3/c1-12(2,19-9-5-3-4-6-10-19)11(18-17)7-8-13(14,15)16/h11,18H,3-10,17H2,1-2H3. The largest absolute Gasteiger partial charge is 0.389 e. The zero-order valence-corrected chi connectivity index (χ0v) is 11.9. The number of alkyl halides is 3. The number of hydrogen-bond donors (Lipinski definition) is 2. The van der Waals surface area contributed by atoms with E-state index in [1.165, 1.54) is 12.8 Å². The summed E-state index contributed by atoms with van der Waals surface area (Å²) in [4.78, 5) is 2.28. The summed E-state index contributed by atoms with van der Waals surface area (Å²) in [5.41, 5.74) is 2.23. The third-order valence-corrected chi connectivity index (χ3v) is 4.19. The molecule has 1 atom stereocenters. The zero-order valence-electron chi connectivity index (χ0n) is 11.9. The summed E-state index contributed by atoms with van der Waals surface area (Å²) in [5, 5.41) is 0. The van der Waals surface area contributed by atoms with Crippen LogP contribution >= 0.6 is 0 Å². The molecule has 1 rings (SSSR count). The van der Waals surface area contributed by atoms with E-state index in [0.29, 0.717) is 0 Å². The van der Waals surface area contributed by atoms with Crippen LogP contribution in [0.4, 0.5) is 13.2 Å². The van der Waals surface area contributed by atoms with Crippen molar-refractivity contribution in [1.29, 1.82) is 0 Å². The van der Waals surface area contributed by atoms with Gasteiger partial charge in [-0.2, -0.15) is 13.2 Å². The van der Waals surface area contributed by atoms with Crippen LogP contribution in [0.2, 0.25) is 0 Å². The van der Waals surface area contributed by atoms with Crippen molar-refractivity contribution in [3.8, 4) is 0 Å². The van der Waals surface area contributed by atoms with Crippen LogP contribution in [0.5, 0.6) is 0 Å². The minimum atomic E-state index is -4.12. The smallest absolute Gasteiger partial charge is 0.297 e. The maximum absolute atomic E-state index is 12.4. The molecule has 0 aromatic rings. The van der Waals surface area contributed by atoms with E-state index < -0.39 is 12.6 Å². The van der Waals surface area contributed by atoms with Crippen LogP contribution in [-0.4, -0.2) is 35.7 Å². The Morgan fingerprint density at radius 2 is 1.63 bits per heavy atom. The van der Waals surface area contributed by atoms with Gasteiger partial charge in [0.2, 0.25) is 0 Å². The van der Waals surface area contributed by atoms with Gasteiger partial charge in [0.1, 0.15) is 0 Å². The number of nitrogens with two attached hydrogens (primary N) is 1. The average molecular weight is 281 g/mol. The molecule has 1 aliphatic heterocycles. The van der Waals surface area contributed by atoms with Crippen molar-refractivity contribution in [3.63, 3.8) is 0 Å². The van der Waals surface area contributed by atoms with Crippen molar-refractivity contribution in [2.24, 2.45) is 5.84 Å². The molecule has 19 heavy (non-hydrogen) atoms. The molecule has 6 heteroatoms. The number of rotatable bonds is 5. The molecule has 1 fully saturated rings. The van der Waals surface area contributed by atoms with Crippen molar-refractivity contribution in [2.45, 2.75) is 70.1 Å². The number of hydrogen-bond acceptors (Lipinski definition) is 3. The van der Waals surface area contributed by atoms with Gasteiger partial charge in [0.25, 0.3) is 0 Å². The van der Waals surface area contributed by atoms with Gasteiger partial charge in [0, 0.05) is 18.0 Å². The first-order chi connectivity index (χ1) is 8.77. The Labute approximate surface area is 113 Å². The fourth-order valence-electron chi connectivity index (χ4n) is 2.82. The van der Waals surface area contributed by atoms with E-state index in [4.69, 9.17) is 5.84 Å². The third-order valence-electron chi connectivity index (χ3n) is 4.19. The van der Waals surface area contributed by atoms with E-state index in [-0.39, 0.29) is 18.0 Å². The van der Waals surface area contributed by atoms with Crippen molar-refractivity contribution in [3.05, 3.63) is 0 Å². The number of hydrazine groups is 1. The Morgan fingerprint density at radius 3 is 2.05 bits per heavy atom. The van der Waals surface area contributed by atoms with Gasteiger partial charge in [-0.25, -0.2) is 0 Å². The lowest BCUT2D eigenvalue weighted by Gasteiger charge is -2.43. The van der Waals surface area contributed by atoms with Crippen molar-refractivity contribution >= 4 is 0 Å². The molecule has 0 radical (unpaired) electrons. The van der Waals surface area contributed by atoms with Crippen LogP contribution in [0, 0.1) is 0 Å². The van der Waals surface area contributed by atoms with Gasteiger partial charge >= 0.3 is 6.18 Å². The molecule has 1 saturated heterocycles. The highest BCUT2D eigenvalue weighted by Crippen LogP contribution is 2.29. The topological polar surface area (TPSA) is 41.3 Å². The van der Waals surface area contributed by atoms with Gasteiger partial charge in [-0.1, -0.05) is 12.8 Å². The van der Waals surface area contributed by atoms with Gasteiger partial charge in [-0.15, -0.1) is 0 Å². The molecule has 0 aromatic heterocycles. The molecule has 0 bridgehead atoms. The van der Waals surface area contributed by atoms with Crippen LogP contribution in [0.1, 0.15) is 52.4 Å². The Hall–Kier alpha value is -0.330. The average Bonchev–Trinajstić information content (AvgIpc) is 2.56. The Morgan fingerprint density at radius 1 is 1.11 bits per heavy atom. The zero-order chi connectivity index (χ0) is 14.5. The van der Waals surface area contributed by atoms with Crippen molar-refractivity contribution in [1.82, 2.24) is 10.3 Å². The minimum absolute atomic E-state index is 0.0174. The van der Waals surface area contributed by atoms with Gasteiger partial charge < -0.3 is 0 Å². The molecule has 1 heterocycles. The summed E-state index contributed by atoms with van der Waals surface area (Å²) in [6.45, 7) is 5.85. The maximum Gasteiger partial charge on any atom is 0.389 e. The maximum atomic E-state index is 12.4. The van der Waals surface area contributed by atoms with E-state index in [0.717, 1.165) is 25.9 Å². The second kappa shape index (κ2) is 6.90. The molecule has 0 aromatic carbocycles. The van der Waals surface area contributed by atoms with Crippen molar-refractivity contribution in [2.75, 3.05) is 13.1 Å². The predicted octanol–water partition coefficient (Wildman–Crippen LogP) is 2.82. The molecular formula is C13H26F3N3. The summed E-state index contributed by atoms with van der Waals surface area (Å²) >= 11 is 0. The van der Waals surface area contributed by atoms with Crippen molar-refractivity contribution < 1.29 is 13.2 Å². The molecule has 3 N–H and O–H groups in total. The summed E-state index contributed by atoms with van der Waals surface area (Å²) in [6.07, 6.45) is -0.266. The monoisotopic (exact) mass is 281 g/mol. The van der Waals surface area contributed by atoms with Gasteiger partial charge in [-0.3, -0.25) is 16.2 Å². The number of nitrogens with one attached hydrogen (secondary N) is 1. The fourth-order valence-corrected chi connectivity index (χ4v) is 2.82.